The van der Waals surface area contributed by atoms with Crippen LogP contribution in [-0.4, -0.2) is 53.4 Å². The molecule has 0 spiro atoms. The quantitative estimate of drug-likeness (QED) is 0.869. The second kappa shape index (κ2) is 6.54. The van der Waals surface area contributed by atoms with Crippen molar-refractivity contribution in [1.29, 1.82) is 0 Å². The van der Waals surface area contributed by atoms with Crippen LogP contribution in [0.15, 0.2) is 41.3 Å². The summed E-state index contributed by atoms with van der Waals surface area (Å²) in [5.41, 5.74) is 1.83. The minimum Gasteiger partial charge on any atom is -0.469 e. The van der Waals surface area contributed by atoms with Gasteiger partial charge in [-0.05, 0) is 51.6 Å². The van der Waals surface area contributed by atoms with Crippen LogP contribution in [0.4, 0.5) is 0 Å². The molecular formula is C18H23N3O2. The molecule has 5 nitrogen and oxygen atoms in total. The largest absolute Gasteiger partial charge is 0.469 e. The SMILES string of the molecule is Cc1occc1C(=O)N1CC[C@@H](N(C)C)[C@@H]1Cc1cccnc1. The highest BCUT2D eigenvalue weighted by atomic mass is 16.3. The maximum Gasteiger partial charge on any atom is 0.257 e. The van der Waals surface area contributed by atoms with E-state index >= 15 is 0 Å². The van der Waals surface area contributed by atoms with E-state index in [1.165, 1.54) is 0 Å². The van der Waals surface area contributed by atoms with Crippen molar-refractivity contribution in [2.75, 3.05) is 20.6 Å². The molecule has 1 amide bonds. The van der Waals surface area contributed by atoms with Gasteiger partial charge in [0.25, 0.3) is 5.91 Å². The first-order valence-corrected chi connectivity index (χ1v) is 7.98. The van der Waals surface area contributed by atoms with Crippen LogP contribution < -0.4 is 0 Å². The zero-order valence-electron chi connectivity index (χ0n) is 13.9. The predicted octanol–water partition coefficient (Wildman–Crippen LogP) is 2.37. The van der Waals surface area contributed by atoms with Crippen LogP contribution >= 0.6 is 0 Å². The molecule has 0 saturated carbocycles. The number of rotatable bonds is 4. The molecule has 3 rings (SSSR count). The van der Waals surface area contributed by atoms with Crippen molar-refractivity contribution in [1.82, 2.24) is 14.8 Å². The molecule has 0 radical (unpaired) electrons. The van der Waals surface area contributed by atoms with Crippen LogP contribution in [0.3, 0.4) is 0 Å². The normalized spacial score (nSPS) is 21.1. The lowest BCUT2D eigenvalue weighted by Crippen LogP contribution is -2.45. The molecule has 1 fully saturated rings. The molecule has 0 aromatic carbocycles. The van der Waals surface area contributed by atoms with Crippen molar-refractivity contribution in [3.8, 4) is 0 Å². The van der Waals surface area contributed by atoms with Gasteiger partial charge in [0.1, 0.15) is 5.76 Å². The summed E-state index contributed by atoms with van der Waals surface area (Å²) in [6, 6.07) is 6.29. The van der Waals surface area contributed by atoms with E-state index in [0.717, 1.165) is 24.9 Å². The van der Waals surface area contributed by atoms with Crippen molar-refractivity contribution >= 4 is 5.91 Å². The third-order valence-electron chi connectivity index (χ3n) is 4.69. The molecule has 0 N–H and O–H groups in total. The van der Waals surface area contributed by atoms with Crippen LogP contribution in [0.2, 0.25) is 0 Å². The molecule has 5 heteroatoms. The number of pyridine rings is 1. The number of carbonyl (C=O) groups is 1. The number of carbonyl (C=O) groups excluding carboxylic acids is 1. The molecule has 0 bridgehead atoms. The molecule has 1 aliphatic heterocycles. The molecule has 3 heterocycles. The Bertz CT molecular complexity index is 666. The predicted molar refractivity (Wildman–Crippen MR) is 88.3 cm³/mol. The Balaban J connectivity index is 1.86. The van der Waals surface area contributed by atoms with Gasteiger partial charge < -0.3 is 14.2 Å². The molecule has 2 aromatic heterocycles. The van der Waals surface area contributed by atoms with Gasteiger partial charge in [0, 0.05) is 25.0 Å². The Hall–Kier alpha value is -2.14. The summed E-state index contributed by atoms with van der Waals surface area (Å²) in [4.78, 5) is 21.3. The number of hydrogen-bond donors (Lipinski definition) is 0. The van der Waals surface area contributed by atoms with E-state index in [-0.39, 0.29) is 11.9 Å². The van der Waals surface area contributed by atoms with E-state index in [0.29, 0.717) is 17.4 Å². The van der Waals surface area contributed by atoms with Crippen molar-refractivity contribution in [2.45, 2.75) is 31.8 Å². The maximum absolute atomic E-state index is 12.9. The van der Waals surface area contributed by atoms with Gasteiger partial charge in [-0.1, -0.05) is 6.07 Å². The van der Waals surface area contributed by atoms with Gasteiger partial charge >= 0.3 is 0 Å². The average molecular weight is 313 g/mol. The monoisotopic (exact) mass is 313 g/mol. The van der Waals surface area contributed by atoms with Crippen molar-refractivity contribution in [3.63, 3.8) is 0 Å². The molecule has 122 valence electrons. The van der Waals surface area contributed by atoms with Crippen LogP contribution in [-0.2, 0) is 6.42 Å². The third kappa shape index (κ3) is 3.15. The van der Waals surface area contributed by atoms with Crippen LogP contribution in [0.1, 0.15) is 28.1 Å². The minimum absolute atomic E-state index is 0.0643. The number of aryl methyl sites for hydroxylation is 1. The van der Waals surface area contributed by atoms with Gasteiger partial charge in [0.2, 0.25) is 0 Å². The van der Waals surface area contributed by atoms with Gasteiger partial charge in [-0.2, -0.15) is 0 Å². The highest BCUT2D eigenvalue weighted by molar-refractivity contribution is 5.95. The van der Waals surface area contributed by atoms with Crippen molar-refractivity contribution < 1.29 is 9.21 Å². The standard InChI is InChI=1S/C18H23N3O2/c1-13-15(7-10-23-13)18(22)21-9-6-16(20(2)3)17(21)11-14-5-4-8-19-12-14/h4-5,7-8,10,12,16-17H,6,9,11H2,1-3H3/t16-,17+/m1/s1. The molecule has 2 atom stereocenters. The first kappa shape index (κ1) is 15.7. The molecule has 1 saturated heterocycles. The zero-order chi connectivity index (χ0) is 16.4. The van der Waals surface area contributed by atoms with Crippen molar-refractivity contribution in [2.24, 2.45) is 0 Å². The Labute approximate surface area is 136 Å². The van der Waals surface area contributed by atoms with Crippen molar-refractivity contribution in [3.05, 3.63) is 53.7 Å². The lowest BCUT2D eigenvalue weighted by atomic mass is 10.00. The number of amides is 1. The van der Waals surface area contributed by atoms with Crippen LogP contribution in [0.5, 0.6) is 0 Å². The Morgan fingerprint density at radius 2 is 2.26 bits per heavy atom. The summed E-state index contributed by atoms with van der Waals surface area (Å²) in [5, 5.41) is 0. The van der Waals surface area contributed by atoms with Gasteiger partial charge in [-0.25, -0.2) is 0 Å². The lowest BCUT2D eigenvalue weighted by Gasteiger charge is -2.31. The smallest absolute Gasteiger partial charge is 0.257 e. The minimum atomic E-state index is 0.0643. The number of hydrogen-bond acceptors (Lipinski definition) is 4. The van der Waals surface area contributed by atoms with Crippen LogP contribution in [0, 0.1) is 6.92 Å². The zero-order valence-corrected chi connectivity index (χ0v) is 13.9. The third-order valence-corrected chi connectivity index (χ3v) is 4.69. The molecule has 23 heavy (non-hydrogen) atoms. The highest BCUT2D eigenvalue weighted by Gasteiger charge is 2.39. The number of aromatic nitrogens is 1. The van der Waals surface area contributed by atoms with Gasteiger partial charge in [-0.15, -0.1) is 0 Å². The van der Waals surface area contributed by atoms with Crippen LogP contribution in [0.25, 0.3) is 0 Å². The van der Waals surface area contributed by atoms with Gasteiger partial charge in [0.05, 0.1) is 17.9 Å². The van der Waals surface area contributed by atoms with E-state index in [1.54, 1.807) is 18.5 Å². The van der Waals surface area contributed by atoms with Gasteiger partial charge in [-0.3, -0.25) is 9.78 Å². The van der Waals surface area contributed by atoms with E-state index < -0.39 is 0 Å². The summed E-state index contributed by atoms with van der Waals surface area (Å²) < 4.78 is 5.31. The molecule has 0 aliphatic carbocycles. The summed E-state index contributed by atoms with van der Waals surface area (Å²) in [7, 11) is 4.16. The first-order chi connectivity index (χ1) is 11.1. The highest BCUT2D eigenvalue weighted by Crippen LogP contribution is 2.27. The van der Waals surface area contributed by atoms with E-state index in [2.05, 4.69) is 30.0 Å². The maximum atomic E-state index is 12.9. The average Bonchev–Trinajstić information content (AvgIpc) is 3.14. The second-order valence-electron chi connectivity index (χ2n) is 6.34. The summed E-state index contributed by atoms with van der Waals surface area (Å²) >= 11 is 0. The van der Waals surface area contributed by atoms with E-state index in [1.807, 2.05) is 24.1 Å². The molecule has 1 aliphatic rings. The molecular weight excluding hydrogens is 290 g/mol. The fourth-order valence-electron chi connectivity index (χ4n) is 3.46. The summed E-state index contributed by atoms with van der Waals surface area (Å²) in [6.45, 7) is 2.61. The molecule has 2 aromatic rings. The topological polar surface area (TPSA) is 49.6 Å². The fraction of sp³-hybridized carbons (Fsp3) is 0.444. The van der Waals surface area contributed by atoms with Gasteiger partial charge in [0.15, 0.2) is 0 Å². The Morgan fingerprint density at radius 3 is 2.87 bits per heavy atom. The molecule has 0 unspecified atom stereocenters. The van der Waals surface area contributed by atoms with E-state index in [9.17, 15) is 4.79 Å². The number of nitrogens with zero attached hydrogens (tertiary/aromatic N) is 3. The Morgan fingerprint density at radius 1 is 1.43 bits per heavy atom. The number of furan rings is 1. The van der Waals surface area contributed by atoms with E-state index in [4.69, 9.17) is 4.42 Å². The lowest BCUT2D eigenvalue weighted by molar-refractivity contribution is 0.0703. The Kier molecular flexibility index (Phi) is 4.48. The number of likely N-dealkylation sites (tertiary alicyclic amines) is 1. The summed E-state index contributed by atoms with van der Waals surface area (Å²) in [6.07, 6.45) is 7.05. The number of likely N-dealkylation sites (N-methyl/N-ethyl adjacent to an activating group) is 1. The summed E-state index contributed by atoms with van der Waals surface area (Å²) in [5.74, 6) is 0.748. The first-order valence-electron chi connectivity index (χ1n) is 7.98. The second-order valence-corrected chi connectivity index (χ2v) is 6.34. The fourth-order valence-corrected chi connectivity index (χ4v) is 3.46.